The van der Waals surface area contributed by atoms with Crippen molar-refractivity contribution in [3.63, 3.8) is 0 Å². The first-order chi connectivity index (χ1) is 60.8. The van der Waals surface area contributed by atoms with Crippen LogP contribution in [0.15, 0.2) is 127 Å². The number of anilines is 1. The van der Waals surface area contributed by atoms with E-state index in [1.807, 2.05) is 38.4 Å². The molecule has 0 spiro atoms. The number of hydrogen-bond donors (Lipinski definition) is 5. The quantitative estimate of drug-likeness (QED) is 0.0533. The fraction of sp³-hybridized carbons (Fsp3) is 0.600. The van der Waals surface area contributed by atoms with E-state index in [0.29, 0.717) is 23.8 Å². The van der Waals surface area contributed by atoms with Crippen molar-refractivity contribution in [2.24, 2.45) is 29.6 Å². The van der Waals surface area contributed by atoms with Gasteiger partial charge in [-0.25, -0.2) is 39.9 Å². The zero-order chi connectivity index (χ0) is 95.2. The summed E-state index contributed by atoms with van der Waals surface area (Å²) in [4.78, 5) is 64.9. The van der Waals surface area contributed by atoms with Crippen LogP contribution in [0.25, 0.3) is 0 Å². The number of aryl methyl sites for hydroxylation is 2. The summed E-state index contributed by atoms with van der Waals surface area (Å²) in [5.74, 6) is 5.07. The van der Waals surface area contributed by atoms with Crippen molar-refractivity contribution in [1.29, 1.82) is 0 Å². The van der Waals surface area contributed by atoms with Gasteiger partial charge in [0.1, 0.15) is 37.2 Å². The maximum Gasteiger partial charge on any atom is 0.249 e. The molecule has 0 radical (unpaired) electrons. The molecule has 15 heterocycles. The molecule has 1 aliphatic carbocycles. The number of hydrogen-bond acceptors (Lipinski definition) is 21. The van der Waals surface area contributed by atoms with E-state index >= 15 is 0 Å². The van der Waals surface area contributed by atoms with Gasteiger partial charge in [-0.05, 0) is 165 Å². The van der Waals surface area contributed by atoms with Gasteiger partial charge in [0.05, 0.1) is 78.8 Å². The fourth-order valence-electron chi connectivity index (χ4n) is 14.5. The van der Waals surface area contributed by atoms with Crippen LogP contribution in [0.3, 0.4) is 0 Å². The molecule has 16 rings (SSSR count). The first kappa shape index (κ1) is 105. The summed E-state index contributed by atoms with van der Waals surface area (Å²) in [6, 6.07) is 29.5. The molecule has 5 saturated heterocycles. The number of pyridine rings is 4. The minimum Gasteiger partial charge on any atom is -0.472 e. The van der Waals surface area contributed by atoms with Gasteiger partial charge in [0.15, 0.2) is 0 Å². The Morgan fingerprint density at radius 3 is 1.44 bits per heavy atom. The molecule has 0 atom stereocenters. The van der Waals surface area contributed by atoms with Crippen molar-refractivity contribution in [3.05, 3.63) is 240 Å². The van der Waals surface area contributed by atoms with Crippen LogP contribution in [-0.4, -0.2) is 170 Å². The lowest BCUT2D eigenvalue weighted by Crippen LogP contribution is -2.50. The topological polar surface area (TPSA) is 296 Å². The van der Waals surface area contributed by atoms with Gasteiger partial charge < -0.3 is 39.5 Å². The summed E-state index contributed by atoms with van der Waals surface area (Å²) >= 11 is 6.35. The number of H-pyrrole nitrogens is 3. The summed E-state index contributed by atoms with van der Waals surface area (Å²) < 4.78 is 21.2. The summed E-state index contributed by atoms with van der Waals surface area (Å²) in [7, 11) is 0. The second-order valence-electron chi connectivity index (χ2n) is 44.9. The van der Waals surface area contributed by atoms with Crippen molar-refractivity contribution in [2.45, 2.75) is 307 Å². The van der Waals surface area contributed by atoms with Crippen LogP contribution in [0.2, 0.25) is 5.02 Å². The number of nitrogens with zero attached hydrogens (tertiary/aromatic N) is 14. The number of nitrogens with one attached hydrogen (secondary N) is 5. The summed E-state index contributed by atoms with van der Waals surface area (Å²) in [5, 5.41) is 21.6. The first-order valence-corrected chi connectivity index (χ1v) is 47.4. The van der Waals surface area contributed by atoms with E-state index in [2.05, 4.69) is 337 Å². The SMILES string of the molecule is CC(C)(C)c1cc(CC2COC2)ccn1.CC(C)(C)c1cc(NC2CCC2)[nH]c(=O)c1.CC(C)(C)c1cc(OC2CNC2)ncn1.CC(C)(C)c1cccc(CC2COC2)n1.CC(C)(C)c1ncnc(CC2COC2)c1Cl.CC(C)CN1CC(Cc2cc(C(C)(C)C)ncn2)C1.Cc1cc(Cc2cc(C(C)(C)C)ccn2)n[nH]1.Cc1cc(Cc2cc(C(C)(C)C)ncn2)n[nH]1. The molecule has 1 saturated carbocycles. The van der Waals surface area contributed by atoms with Crippen LogP contribution in [-0.2, 0) is 96.1 Å². The summed E-state index contributed by atoms with van der Waals surface area (Å²) in [6.07, 6.45) is 20.0. The summed E-state index contributed by atoms with van der Waals surface area (Å²) in [6.45, 7) is 71.4. The van der Waals surface area contributed by atoms with E-state index in [0.717, 1.165) is 188 Å². The monoisotopic (exact) mass is 1800 g/mol. The third kappa shape index (κ3) is 35.1. The van der Waals surface area contributed by atoms with Crippen LogP contribution >= 0.6 is 11.6 Å². The molecule has 5 N–H and O–H groups in total. The Kier molecular flexibility index (Phi) is 37.4. The van der Waals surface area contributed by atoms with Crippen LogP contribution in [0.1, 0.15) is 301 Å². The highest BCUT2D eigenvalue weighted by atomic mass is 35.5. The fourth-order valence-corrected chi connectivity index (χ4v) is 15.0. The lowest BCUT2D eigenvalue weighted by Gasteiger charge is -2.40. The maximum absolute atomic E-state index is 11.6. The average Bonchev–Trinajstić information content (AvgIpc) is 0.855. The molecule has 0 bridgehead atoms. The third-order valence-electron chi connectivity index (χ3n) is 23.0. The van der Waals surface area contributed by atoms with Gasteiger partial charge in [-0.3, -0.25) is 29.9 Å². The highest BCUT2D eigenvalue weighted by Gasteiger charge is 2.31. The number of likely N-dealkylation sites (tertiary alicyclic amines) is 1. The van der Waals surface area contributed by atoms with Gasteiger partial charge in [-0.1, -0.05) is 198 Å². The number of rotatable bonds is 18. The second kappa shape index (κ2) is 46.5. The van der Waals surface area contributed by atoms with E-state index in [4.69, 9.17) is 35.5 Å². The zero-order valence-electron chi connectivity index (χ0n) is 83.9. The number of halogens is 1. The number of aromatic nitrogens is 16. The molecule has 5 aliphatic heterocycles. The Morgan fingerprint density at radius 1 is 0.462 bits per heavy atom. The van der Waals surface area contributed by atoms with E-state index in [9.17, 15) is 4.79 Å². The van der Waals surface area contributed by atoms with Crippen molar-refractivity contribution in [2.75, 3.05) is 77.7 Å². The van der Waals surface area contributed by atoms with Crippen LogP contribution in [0, 0.1) is 43.4 Å². The minimum atomic E-state index is -0.0368. The van der Waals surface area contributed by atoms with Gasteiger partial charge in [0.25, 0.3) is 0 Å². The normalized spacial score (nSPS) is 15.9. The summed E-state index contributed by atoms with van der Waals surface area (Å²) in [5.41, 5.74) is 20.6. The molecule has 708 valence electrons. The molecule has 24 nitrogen and oxygen atoms in total. The predicted molar refractivity (Wildman–Crippen MR) is 526 cm³/mol. The molecule has 10 aromatic rings. The molecule has 10 aromatic heterocycles. The lowest BCUT2D eigenvalue weighted by molar-refractivity contribution is -0.0317. The second-order valence-corrected chi connectivity index (χ2v) is 45.3. The van der Waals surface area contributed by atoms with Crippen LogP contribution in [0.5, 0.6) is 5.88 Å². The Balaban J connectivity index is 0.000000168. The molecular formula is C105H156ClN19O5. The standard InChI is InChI=1S/C16H27N3.C14H19N3.C13H18N4.C13H20N2O.2C13H19NO.C12H17ClN2O.C11H17N3O/c1-12(2)8-19-9-13(10-19)6-14-7-15(16(3,4)5)18-11-17-14;1-10-7-13(17-16-10)9-12-8-11(5-6-15-12)14(2,3)4;1-9-5-11(17-16-9)6-10-7-12(13(2,3)4)15-8-14-10;1-13(2,3)9-7-11(15-12(16)8-9)14-10-5-4-6-10;1-13(2,3)12-7-10(4-5-14-12)6-11-8-15-9-11;1-13(2,3)12-6-4-5-11(14-12)7-10-8-15-9-10;1-12(2,3)11-10(13)9(14-7-15-11)4-8-5-16-6-8;1-11(2,3)9-4-10(14-7-13-9)15-8-5-12-6-8/h7,11-13H,6,8-10H2,1-5H3;5-8H,9H2,1-4H3,(H,16,17);5,7-8H,6H2,1-4H3,(H,16,17);7-8,10H,4-6H2,1-3H3,(H2,14,15,16);4-5,7,11H,6,8-9H2,1-3H3;4-6,10H,7-9H2,1-3H3;7-8H,4-6H2,1-3H3;4,7-8,12H,5-6H2,1-3H3. The van der Waals surface area contributed by atoms with E-state index in [1.165, 1.54) is 72.8 Å². The maximum atomic E-state index is 11.6. The van der Waals surface area contributed by atoms with Gasteiger partial charge in [-0.2, -0.15) is 10.2 Å². The Morgan fingerprint density at radius 2 is 0.954 bits per heavy atom. The van der Waals surface area contributed by atoms with Gasteiger partial charge >= 0.3 is 0 Å². The molecule has 6 aliphatic rings. The van der Waals surface area contributed by atoms with Crippen molar-refractivity contribution < 1.29 is 18.9 Å². The first-order valence-electron chi connectivity index (χ1n) is 47.0. The number of ether oxygens (including phenoxy) is 4. The minimum absolute atomic E-state index is 0.0182. The molecule has 0 amide bonds. The Labute approximate surface area is 782 Å². The zero-order valence-corrected chi connectivity index (χ0v) is 84.7. The Hall–Kier alpha value is -9.17. The molecule has 130 heavy (non-hydrogen) atoms. The van der Waals surface area contributed by atoms with Gasteiger partial charge in [0, 0.05) is 178 Å². The van der Waals surface area contributed by atoms with Crippen molar-refractivity contribution in [1.82, 2.24) is 90.4 Å². The van der Waals surface area contributed by atoms with E-state index < -0.39 is 0 Å². The van der Waals surface area contributed by atoms with E-state index in [-0.39, 0.29) is 55.0 Å². The van der Waals surface area contributed by atoms with Gasteiger partial charge in [-0.15, -0.1) is 0 Å². The molecule has 25 heteroatoms. The lowest BCUT2D eigenvalue weighted by atomic mass is 9.87. The van der Waals surface area contributed by atoms with Crippen LogP contribution in [0.4, 0.5) is 5.82 Å². The van der Waals surface area contributed by atoms with Gasteiger partial charge in [0.2, 0.25) is 11.4 Å². The Bertz CT molecular complexity index is 4910. The van der Waals surface area contributed by atoms with Crippen LogP contribution < -0.4 is 20.9 Å². The third-order valence-corrected chi connectivity index (χ3v) is 23.4. The smallest absolute Gasteiger partial charge is 0.249 e. The highest BCUT2D eigenvalue weighted by Crippen LogP contribution is 2.34. The average molecular weight is 1800 g/mol. The van der Waals surface area contributed by atoms with Crippen molar-refractivity contribution in [3.8, 4) is 5.88 Å². The largest absolute Gasteiger partial charge is 0.472 e. The van der Waals surface area contributed by atoms with E-state index in [1.54, 1.807) is 31.4 Å². The molecule has 0 aromatic carbocycles. The van der Waals surface area contributed by atoms with Crippen molar-refractivity contribution >= 4 is 17.4 Å². The molecular weight excluding hydrogens is 1640 g/mol. The highest BCUT2D eigenvalue weighted by molar-refractivity contribution is 6.31. The number of aromatic amines is 3. The predicted octanol–water partition coefficient (Wildman–Crippen LogP) is 19.8. The molecule has 6 fully saturated rings. The molecule has 0 unspecified atom stereocenters.